The minimum absolute atomic E-state index is 0.0229. The van der Waals surface area contributed by atoms with Crippen molar-refractivity contribution >= 4 is 11.9 Å². The van der Waals surface area contributed by atoms with Crippen molar-refractivity contribution in [1.82, 2.24) is 9.80 Å². The summed E-state index contributed by atoms with van der Waals surface area (Å²) < 4.78 is 5.37. The van der Waals surface area contributed by atoms with Gasteiger partial charge in [-0.3, -0.25) is 9.69 Å². The molecule has 0 aromatic heterocycles. The molecule has 1 saturated heterocycles. The largest absolute Gasteiger partial charge is 0.444 e. The second kappa shape index (κ2) is 7.48. The minimum atomic E-state index is -0.537. The molecule has 5 heteroatoms. The molecule has 120 valence electrons. The molecule has 1 aliphatic rings. The average Bonchev–Trinajstić information content (AvgIpc) is 2.87. The van der Waals surface area contributed by atoms with Crippen LogP contribution in [0.5, 0.6) is 0 Å². The summed E-state index contributed by atoms with van der Waals surface area (Å²) >= 11 is 0. The van der Waals surface area contributed by atoms with E-state index in [9.17, 15) is 9.59 Å². The van der Waals surface area contributed by atoms with Gasteiger partial charge in [-0.15, -0.1) is 0 Å². The Labute approximate surface area is 127 Å². The van der Waals surface area contributed by atoms with Gasteiger partial charge in [0.05, 0.1) is 6.04 Å². The number of nitrogens with zero attached hydrogens (tertiary/aromatic N) is 2. The van der Waals surface area contributed by atoms with Crippen LogP contribution in [-0.4, -0.2) is 53.0 Å². The van der Waals surface area contributed by atoms with Crippen LogP contribution >= 0.6 is 0 Å². The van der Waals surface area contributed by atoms with Gasteiger partial charge in [0, 0.05) is 25.8 Å². The van der Waals surface area contributed by atoms with Crippen molar-refractivity contribution in [2.24, 2.45) is 0 Å². The van der Waals surface area contributed by atoms with Gasteiger partial charge in [0.2, 0.25) is 0 Å². The molecule has 21 heavy (non-hydrogen) atoms. The number of carbonyl (C=O) groups excluding carboxylic acids is 2. The summed E-state index contributed by atoms with van der Waals surface area (Å²) in [6.07, 6.45) is 4.55. The number of carbonyl (C=O) groups is 2. The first kappa shape index (κ1) is 17.5. The fourth-order valence-electron chi connectivity index (χ4n) is 2.33. The van der Waals surface area contributed by atoms with Crippen molar-refractivity contribution in [2.45, 2.75) is 59.1 Å². The van der Waals surface area contributed by atoms with Gasteiger partial charge < -0.3 is 9.64 Å². The van der Waals surface area contributed by atoms with Gasteiger partial charge in [0.15, 0.2) is 5.78 Å². The fourth-order valence-corrected chi connectivity index (χ4v) is 2.33. The normalized spacial score (nSPS) is 19.1. The maximum Gasteiger partial charge on any atom is 0.410 e. The van der Waals surface area contributed by atoms with Crippen LogP contribution < -0.4 is 0 Å². The Bertz CT molecular complexity index is 395. The molecule has 5 nitrogen and oxygen atoms in total. The van der Waals surface area contributed by atoms with Crippen LogP contribution in [0, 0.1) is 0 Å². The fraction of sp³-hybridized carbons (Fsp3) is 0.750. The van der Waals surface area contributed by atoms with E-state index in [0.717, 1.165) is 19.5 Å². The molecule has 0 aromatic carbocycles. The predicted molar refractivity (Wildman–Crippen MR) is 83.0 cm³/mol. The van der Waals surface area contributed by atoms with E-state index in [-0.39, 0.29) is 11.8 Å². The van der Waals surface area contributed by atoms with Crippen LogP contribution in [0.2, 0.25) is 0 Å². The molecular formula is C16H28N2O3. The van der Waals surface area contributed by atoms with Gasteiger partial charge >= 0.3 is 6.09 Å². The lowest BCUT2D eigenvalue weighted by Gasteiger charge is -2.27. The highest BCUT2D eigenvalue weighted by Gasteiger charge is 2.35. The molecule has 1 atom stereocenters. The van der Waals surface area contributed by atoms with Crippen molar-refractivity contribution in [3.63, 3.8) is 0 Å². The van der Waals surface area contributed by atoms with Crippen molar-refractivity contribution < 1.29 is 14.3 Å². The summed E-state index contributed by atoms with van der Waals surface area (Å²) in [7, 11) is 0. The molecule has 1 rings (SSSR count). The summed E-state index contributed by atoms with van der Waals surface area (Å²) in [6, 6.07) is -0.383. The number of ketones is 1. The maximum atomic E-state index is 12.3. The van der Waals surface area contributed by atoms with Crippen molar-refractivity contribution in [3.05, 3.63) is 12.3 Å². The summed E-state index contributed by atoms with van der Waals surface area (Å²) in [4.78, 5) is 28.0. The van der Waals surface area contributed by atoms with Crippen LogP contribution in [0.4, 0.5) is 4.79 Å². The van der Waals surface area contributed by atoms with E-state index in [4.69, 9.17) is 4.74 Å². The van der Waals surface area contributed by atoms with Crippen LogP contribution in [0.25, 0.3) is 0 Å². The zero-order valence-electron chi connectivity index (χ0n) is 13.9. The molecule has 0 unspecified atom stereocenters. The minimum Gasteiger partial charge on any atom is -0.444 e. The van der Waals surface area contributed by atoms with Gasteiger partial charge in [-0.25, -0.2) is 4.79 Å². The predicted octanol–water partition coefficient (Wildman–Crippen LogP) is 2.81. The highest BCUT2D eigenvalue weighted by atomic mass is 16.6. The number of ether oxygens (including phenoxy) is 1. The topological polar surface area (TPSA) is 49.9 Å². The Hall–Kier alpha value is -1.52. The van der Waals surface area contributed by atoms with Crippen LogP contribution in [-0.2, 0) is 9.53 Å². The maximum absolute atomic E-state index is 12.3. The van der Waals surface area contributed by atoms with Gasteiger partial charge in [0.1, 0.15) is 5.60 Å². The molecule has 1 aliphatic heterocycles. The molecule has 1 fully saturated rings. The van der Waals surface area contributed by atoms with Gasteiger partial charge in [-0.2, -0.15) is 0 Å². The van der Waals surface area contributed by atoms with E-state index in [1.54, 1.807) is 11.0 Å². The Morgan fingerprint density at radius 1 is 1.29 bits per heavy atom. The van der Waals surface area contributed by atoms with Crippen LogP contribution in [0.1, 0.15) is 47.5 Å². The first-order valence-electron chi connectivity index (χ1n) is 7.74. The summed E-state index contributed by atoms with van der Waals surface area (Å²) in [5.41, 5.74) is -0.537. The third kappa shape index (κ3) is 5.40. The zero-order valence-corrected chi connectivity index (χ0v) is 13.9. The van der Waals surface area contributed by atoms with Crippen LogP contribution in [0.15, 0.2) is 12.3 Å². The summed E-state index contributed by atoms with van der Waals surface area (Å²) in [6.45, 7) is 11.9. The number of hydrogen-bond acceptors (Lipinski definition) is 4. The van der Waals surface area contributed by atoms with E-state index in [2.05, 4.69) is 0 Å². The number of likely N-dealkylation sites (tertiary alicyclic amines) is 1. The molecule has 0 spiro atoms. The molecule has 0 saturated carbocycles. The number of amides is 1. The number of hydrogen-bond donors (Lipinski definition) is 0. The molecule has 0 bridgehead atoms. The van der Waals surface area contributed by atoms with E-state index < -0.39 is 11.7 Å². The first-order valence-corrected chi connectivity index (χ1v) is 7.74. The summed E-state index contributed by atoms with van der Waals surface area (Å²) in [5.74, 6) is -0.0229. The molecule has 0 aliphatic carbocycles. The molecule has 1 amide bonds. The Morgan fingerprint density at radius 2 is 1.90 bits per heavy atom. The summed E-state index contributed by atoms with van der Waals surface area (Å²) in [5, 5.41) is 0. The highest BCUT2D eigenvalue weighted by molar-refractivity contribution is 5.96. The van der Waals surface area contributed by atoms with Crippen LogP contribution in [0.3, 0.4) is 0 Å². The monoisotopic (exact) mass is 296 g/mol. The van der Waals surface area contributed by atoms with Gasteiger partial charge in [-0.05, 0) is 53.5 Å². The molecule has 0 aromatic rings. The van der Waals surface area contributed by atoms with Crippen molar-refractivity contribution in [3.8, 4) is 0 Å². The Balaban J connectivity index is 2.68. The van der Waals surface area contributed by atoms with E-state index in [0.29, 0.717) is 13.0 Å². The molecular weight excluding hydrogens is 268 g/mol. The lowest BCUT2D eigenvalue weighted by Crippen LogP contribution is -2.43. The van der Waals surface area contributed by atoms with Crippen molar-refractivity contribution in [1.29, 1.82) is 0 Å². The number of rotatable bonds is 5. The van der Waals surface area contributed by atoms with Crippen molar-refractivity contribution in [2.75, 3.05) is 19.6 Å². The second-order valence-corrected chi connectivity index (χ2v) is 6.27. The highest BCUT2D eigenvalue weighted by Crippen LogP contribution is 2.21. The Kier molecular flexibility index (Phi) is 6.24. The van der Waals surface area contributed by atoms with Gasteiger partial charge in [-0.1, -0.05) is 0 Å². The average molecular weight is 296 g/mol. The van der Waals surface area contributed by atoms with Gasteiger partial charge in [0.25, 0.3) is 0 Å². The SMILES string of the molecule is CCN(/C=C/C(=O)[C@@H]1CCCN1C(=O)OC(C)(C)C)CC. The quantitative estimate of drug-likeness (QED) is 0.732. The first-order chi connectivity index (χ1) is 9.78. The van der Waals surface area contributed by atoms with E-state index >= 15 is 0 Å². The Morgan fingerprint density at radius 3 is 2.43 bits per heavy atom. The molecule has 0 N–H and O–H groups in total. The smallest absolute Gasteiger partial charge is 0.410 e. The lowest BCUT2D eigenvalue weighted by atomic mass is 10.1. The molecule has 0 radical (unpaired) electrons. The third-order valence-electron chi connectivity index (χ3n) is 3.47. The standard InChI is InChI=1S/C16H28N2O3/c1-6-17(7-2)12-10-14(19)13-9-8-11-18(13)15(20)21-16(3,4)5/h10,12-13H,6-9,11H2,1-5H3/b12-10+/t13-/m0/s1. The lowest BCUT2D eigenvalue weighted by molar-refractivity contribution is -0.118. The second-order valence-electron chi connectivity index (χ2n) is 6.27. The third-order valence-corrected chi connectivity index (χ3v) is 3.47. The van der Waals surface area contributed by atoms with E-state index in [1.165, 1.54) is 0 Å². The zero-order chi connectivity index (χ0) is 16.0. The van der Waals surface area contributed by atoms with E-state index in [1.807, 2.05) is 45.7 Å². The molecule has 1 heterocycles.